The lowest BCUT2D eigenvalue weighted by Gasteiger charge is -2.18. The van der Waals surface area contributed by atoms with Gasteiger partial charge in [0.15, 0.2) is 5.82 Å². The van der Waals surface area contributed by atoms with E-state index in [4.69, 9.17) is 0 Å². The highest BCUT2D eigenvalue weighted by Crippen LogP contribution is 2.21. The Bertz CT molecular complexity index is 911. The number of amides is 1. The maximum Gasteiger partial charge on any atom is 0.224 e. The first-order valence-electron chi connectivity index (χ1n) is 8.13. The molecule has 0 unspecified atom stereocenters. The average Bonchev–Trinajstić information content (AvgIpc) is 3.25. The number of nitrogens with zero attached hydrogens (tertiary/aromatic N) is 5. The van der Waals surface area contributed by atoms with Crippen molar-refractivity contribution < 1.29 is 9.18 Å². The molecule has 7 nitrogen and oxygen atoms in total. The molecule has 3 aromatic rings. The Balaban J connectivity index is 1.40. The van der Waals surface area contributed by atoms with Crippen LogP contribution in [-0.4, -0.2) is 44.6 Å². The second kappa shape index (κ2) is 6.46. The summed E-state index contributed by atoms with van der Waals surface area (Å²) in [6.45, 7) is 1.41. The third-order valence-electron chi connectivity index (χ3n) is 4.36. The van der Waals surface area contributed by atoms with E-state index in [2.05, 4.69) is 25.4 Å². The van der Waals surface area contributed by atoms with Crippen LogP contribution in [0, 0.1) is 5.82 Å². The van der Waals surface area contributed by atoms with E-state index in [0.717, 1.165) is 18.8 Å². The van der Waals surface area contributed by atoms with Gasteiger partial charge in [-0.1, -0.05) is 18.2 Å². The van der Waals surface area contributed by atoms with E-state index < -0.39 is 0 Å². The fraction of sp³-hybridized carbons (Fsp3) is 0.294. The van der Waals surface area contributed by atoms with E-state index in [1.54, 1.807) is 36.9 Å². The summed E-state index contributed by atoms with van der Waals surface area (Å²) in [6.07, 6.45) is 5.98. The van der Waals surface area contributed by atoms with Gasteiger partial charge in [0.1, 0.15) is 12.1 Å². The molecule has 25 heavy (non-hydrogen) atoms. The van der Waals surface area contributed by atoms with E-state index in [1.165, 1.54) is 6.07 Å². The first-order chi connectivity index (χ1) is 12.2. The van der Waals surface area contributed by atoms with Gasteiger partial charge in [-0.25, -0.2) is 9.37 Å². The highest BCUT2D eigenvalue weighted by Gasteiger charge is 2.26. The van der Waals surface area contributed by atoms with Crippen molar-refractivity contribution in [1.29, 1.82) is 0 Å². The van der Waals surface area contributed by atoms with Gasteiger partial charge in [0.2, 0.25) is 11.6 Å². The number of aromatic nitrogens is 4. The van der Waals surface area contributed by atoms with Crippen molar-refractivity contribution in [3.63, 3.8) is 0 Å². The second-order valence-electron chi connectivity index (χ2n) is 6.08. The van der Waals surface area contributed by atoms with Crippen LogP contribution in [0.25, 0.3) is 5.65 Å². The molecule has 1 N–H and O–H groups in total. The van der Waals surface area contributed by atoms with Crippen LogP contribution in [0.2, 0.25) is 0 Å². The van der Waals surface area contributed by atoms with Gasteiger partial charge in [-0.2, -0.15) is 0 Å². The Kier molecular flexibility index (Phi) is 4.01. The van der Waals surface area contributed by atoms with Gasteiger partial charge in [-0.15, -0.1) is 10.2 Å². The van der Waals surface area contributed by atoms with E-state index >= 15 is 0 Å². The number of fused-ring (bicyclic) bond motifs is 1. The fourth-order valence-corrected chi connectivity index (χ4v) is 3.13. The number of hydrogen-bond donors (Lipinski definition) is 1. The summed E-state index contributed by atoms with van der Waals surface area (Å²) < 4.78 is 15.5. The molecule has 4 rings (SSSR count). The molecule has 8 heteroatoms. The van der Waals surface area contributed by atoms with Gasteiger partial charge in [0, 0.05) is 31.5 Å². The smallest absolute Gasteiger partial charge is 0.224 e. The predicted molar refractivity (Wildman–Crippen MR) is 89.6 cm³/mol. The molecule has 1 aromatic carbocycles. The largest absolute Gasteiger partial charge is 0.351 e. The SMILES string of the molecule is O=C(Cc1ccccc1F)N[C@@H]1CCN(c2nccn3cnnc23)C1. The van der Waals surface area contributed by atoms with Crippen LogP contribution in [0.15, 0.2) is 43.0 Å². The number of halogens is 1. The lowest BCUT2D eigenvalue weighted by atomic mass is 10.1. The van der Waals surface area contributed by atoms with Crippen molar-refractivity contribution >= 4 is 17.4 Å². The maximum atomic E-state index is 13.7. The molecule has 0 bridgehead atoms. The van der Waals surface area contributed by atoms with Crippen LogP contribution in [0.3, 0.4) is 0 Å². The van der Waals surface area contributed by atoms with Crippen LogP contribution in [0.4, 0.5) is 10.2 Å². The van der Waals surface area contributed by atoms with Gasteiger partial charge in [0.25, 0.3) is 0 Å². The zero-order valence-corrected chi connectivity index (χ0v) is 13.5. The molecule has 0 aliphatic carbocycles. The third kappa shape index (κ3) is 3.15. The zero-order chi connectivity index (χ0) is 17.2. The molecule has 1 saturated heterocycles. The van der Waals surface area contributed by atoms with Crippen LogP contribution in [-0.2, 0) is 11.2 Å². The molecular formula is C17H17FN6O. The Morgan fingerprint density at radius 1 is 1.36 bits per heavy atom. The summed E-state index contributed by atoms with van der Waals surface area (Å²) in [4.78, 5) is 18.7. The number of carbonyl (C=O) groups is 1. The normalized spacial score (nSPS) is 17.2. The molecule has 1 amide bonds. The summed E-state index contributed by atoms with van der Waals surface area (Å²) in [5.41, 5.74) is 1.10. The second-order valence-corrected chi connectivity index (χ2v) is 6.08. The lowest BCUT2D eigenvalue weighted by molar-refractivity contribution is -0.121. The van der Waals surface area contributed by atoms with E-state index in [0.29, 0.717) is 17.8 Å². The fourth-order valence-electron chi connectivity index (χ4n) is 3.13. The molecule has 1 aliphatic rings. The standard InChI is InChI=1S/C17H17FN6O/c18-14-4-2-1-3-12(14)9-15(25)21-13-5-7-23(10-13)16-17-22-20-11-24(17)8-6-19-16/h1-4,6,8,11,13H,5,7,9-10H2,(H,21,25)/t13-/m1/s1. The molecule has 1 fully saturated rings. The summed E-state index contributed by atoms with van der Waals surface area (Å²) in [5, 5.41) is 11.0. The molecule has 1 aliphatic heterocycles. The number of hydrogen-bond acceptors (Lipinski definition) is 5. The van der Waals surface area contributed by atoms with Crippen LogP contribution < -0.4 is 10.2 Å². The minimum Gasteiger partial charge on any atom is -0.351 e. The van der Waals surface area contributed by atoms with Crippen molar-refractivity contribution in [2.45, 2.75) is 18.9 Å². The highest BCUT2D eigenvalue weighted by molar-refractivity contribution is 5.79. The molecule has 128 valence electrons. The summed E-state index contributed by atoms with van der Waals surface area (Å²) in [7, 11) is 0. The average molecular weight is 340 g/mol. The van der Waals surface area contributed by atoms with Gasteiger partial charge >= 0.3 is 0 Å². The Hall–Kier alpha value is -3.03. The first kappa shape index (κ1) is 15.5. The molecule has 2 aromatic heterocycles. The number of anilines is 1. The van der Waals surface area contributed by atoms with Crippen molar-refractivity contribution in [2.24, 2.45) is 0 Å². The predicted octanol–water partition coefficient (Wildman–Crippen LogP) is 1.20. The van der Waals surface area contributed by atoms with Crippen molar-refractivity contribution in [3.8, 4) is 0 Å². The van der Waals surface area contributed by atoms with Crippen LogP contribution >= 0.6 is 0 Å². The highest BCUT2D eigenvalue weighted by atomic mass is 19.1. The van der Waals surface area contributed by atoms with E-state index in [1.807, 2.05) is 4.40 Å². The zero-order valence-electron chi connectivity index (χ0n) is 13.5. The number of benzene rings is 1. The van der Waals surface area contributed by atoms with Gasteiger partial charge in [-0.3, -0.25) is 9.20 Å². The molecule has 0 saturated carbocycles. The Labute approximate surface area is 143 Å². The number of carbonyl (C=O) groups excluding carboxylic acids is 1. The van der Waals surface area contributed by atoms with Crippen molar-refractivity contribution in [2.75, 3.05) is 18.0 Å². The summed E-state index contributed by atoms with van der Waals surface area (Å²) in [6, 6.07) is 6.35. The Morgan fingerprint density at radius 3 is 3.12 bits per heavy atom. The summed E-state index contributed by atoms with van der Waals surface area (Å²) >= 11 is 0. The Morgan fingerprint density at radius 2 is 2.24 bits per heavy atom. The molecule has 1 atom stereocenters. The van der Waals surface area contributed by atoms with Crippen molar-refractivity contribution in [1.82, 2.24) is 24.9 Å². The number of nitrogens with one attached hydrogen (secondary N) is 1. The lowest BCUT2D eigenvalue weighted by Crippen LogP contribution is -2.38. The van der Waals surface area contributed by atoms with E-state index in [-0.39, 0.29) is 24.2 Å². The van der Waals surface area contributed by atoms with Gasteiger partial charge in [0.05, 0.1) is 6.42 Å². The van der Waals surface area contributed by atoms with Crippen LogP contribution in [0.5, 0.6) is 0 Å². The molecule has 0 spiro atoms. The topological polar surface area (TPSA) is 75.4 Å². The molecule has 0 radical (unpaired) electrons. The molecule has 3 heterocycles. The van der Waals surface area contributed by atoms with E-state index in [9.17, 15) is 9.18 Å². The van der Waals surface area contributed by atoms with Crippen molar-refractivity contribution in [3.05, 3.63) is 54.4 Å². The minimum absolute atomic E-state index is 0.00394. The quantitative estimate of drug-likeness (QED) is 0.772. The first-order valence-corrected chi connectivity index (χ1v) is 8.13. The van der Waals surface area contributed by atoms with Crippen LogP contribution in [0.1, 0.15) is 12.0 Å². The third-order valence-corrected chi connectivity index (χ3v) is 4.36. The summed E-state index contributed by atoms with van der Waals surface area (Å²) in [5.74, 6) is 0.227. The van der Waals surface area contributed by atoms with Gasteiger partial charge in [-0.05, 0) is 18.1 Å². The van der Waals surface area contributed by atoms with Gasteiger partial charge < -0.3 is 10.2 Å². The minimum atomic E-state index is -0.353. The molecular weight excluding hydrogens is 323 g/mol. The number of rotatable bonds is 4. The monoisotopic (exact) mass is 340 g/mol. The maximum absolute atomic E-state index is 13.7.